The molecule has 10 heteroatoms. The molecule has 1 unspecified atom stereocenters. The number of benzene rings is 2. The Kier molecular flexibility index (Phi) is 6.79. The highest BCUT2D eigenvalue weighted by Gasteiger charge is 2.21. The molecule has 2 aromatic carbocycles. The first-order valence-corrected chi connectivity index (χ1v) is 9.36. The van der Waals surface area contributed by atoms with Crippen molar-refractivity contribution in [3.63, 3.8) is 0 Å². The van der Waals surface area contributed by atoms with Crippen LogP contribution in [0.3, 0.4) is 0 Å². The molecular formula is C19H17Cl2N5O3. The van der Waals surface area contributed by atoms with Gasteiger partial charge in [-0.05, 0) is 41.1 Å². The lowest BCUT2D eigenvalue weighted by Crippen LogP contribution is -2.33. The summed E-state index contributed by atoms with van der Waals surface area (Å²) in [5, 5.41) is 15.8. The van der Waals surface area contributed by atoms with E-state index in [1.807, 2.05) is 0 Å². The summed E-state index contributed by atoms with van der Waals surface area (Å²) in [5.41, 5.74) is 1.34. The number of hydrogen-bond acceptors (Lipinski definition) is 6. The Morgan fingerprint density at radius 1 is 1.14 bits per heavy atom. The van der Waals surface area contributed by atoms with Crippen LogP contribution in [0.5, 0.6) is 0 Å². The van der Waals surface area contributed by atoms with Gasteiger partial charge in [-0.2, -0.15) is 4.80 Å². The molecular weight excluding hydrogens is 417 g/mol. The van der Waals surface area contributed by atoms with Crippen LogP contribution < -0.4 is 5.32 Å². The molecule has 29 heavy (non-hydrogen) atoms. The van der Waals surface area contributed by atoms with E-state index in [1.165, 1.54) is 11.9 Å². The van der Waals surface area contributed by atoms with Gasteiger partial charge >= 0.3 is 5.97 Å². The molecule has 1 heterocycles. The Bertz CT molecular complexity index is 1010. The number of carbonyl (C=O) groups excluding carboxylic acids is 2. The van der Waals surface area contributed by atoms with Crippen LogP contribution in [0.2, 0.25) is 10.0 Å². The molecule has 1 atom stereocenters. The lowest BCUT2D eigenvalue weighted by atomic mass is 10.0. The molecule has 0 saturated heterocycles. The zero-order chi connectivity index (χ0) is 20.8. The van der Waals surface area contributed by atoms with Crippen molar-refractivity contribution >= 4 is 35.1 Å². The topological polar surface area (TPSA) is 99.0 Å². The van der Waals surface area contributed by atoms with Gasteiger partial charge in [0.1, 0.15) is 6.54 Å². The van der Waals surface area contributed by atoms with Crippen LogP contribution in [0.4, 0.5) is 0 Å². The fraction of sp³-hybridized carbons (Fsp3) is 0.211. The second-order valence-electron chi connectivity index (χ2n) is 6.07. The molecule has 0 spiro atoms. The first kappa shape index (κ1) is 20.8. The van der Waals surface area contributed by atoms with Crippen LogP contribution in [0.15, 0.2) is 48.5 Å². The largest absolute Gasteiger partial charge is 0.469 e. The highest BCUT2D eigenvalue weighted by atomic mass is 35.5. The molecule has 0 fully saturated rings. The molecule has 0 aliphatic rings. The minimum absolute atomic E-state index is 0.0627. The van der Waals surface area contributed by atoms with Gasteiger partial charge in [0.05, 0.1) is 19.6 Å². The summed E-state index contributed by atoms with van der Waals surface area (Å²) in [7, 11) is 1.28. The van der Waals surface area contributed by atoms with E-state index in [1.54, 1.807) is 48.5 Å². The van der Waals surface area contributed by atoms with Gasteiger partial charge in [0.2, 0.25) is 11.7 Å². The van der Waals surface area contributed by atoms with Crippen molar-refractivity contribution in [3.05, 3.63) is 64.1 Å². The number of carbonyl (C=O) groups is 2. The van der Waals surface area contributed by atoms with Crippen molar-refractivity contribution in [1.29, 1.82) is 0 Å². The molecule has 1 N–H and O–H groups in total. The average Bonchev–Trinajstić information content (AvgIpc) is 3.16. The fourth-order valence-corrected chi connectivity index (χ4v) is 3.03. The highest BCUT2D eigenvalue weighted by molar-refractivity contribution is 6.31. The maximum absolute atomic E-state index is 12.5. The standard InChI is InChI=1S/C19H17Cl2N5O3/c1-29-18(28)10-16(14-4-2-3-5-15(14)21)22-17(27)11-26-24-19(23-25-26)12-6-8-13(20)9-7-12/h2-9,16H,10-11H2,1H3,(H,22,27). The number of nitrogens with zero attached hydrogens (tertiary/aromatic N) is 4. The van der Waals surface area contributed by atoms with Gasteiger partial charge in [-0.1, -0.05) is 41.4 Å². The number of nitrogens with one attached hydrogen (secondary N) is 1. The SMILES string of the molecule is COC(=O)CC(NC(=O)Cn1nnc(-c2ccc(Cl)cc2)n1)c1ccccc1Cl. The number of ether oxygens (including phenoxy) is 1. The van der Waals surface area contributed by atoms with E-state index in [2.05, 4.69) is 20.7 Å². The first-order chi connectivity index (χ1) is 14.0. The predicted octanol–water partition coefficient (Wildman–Crippen LogP) is 3.07. The third-order valence-corrected chi connectivity index (χ3v) is 4.65. The smallest absolute Gasteiger partial charge is 0.307 e. The van der Waals surface area contributed by atoms with Gasteiger partial charge in [0, 0.05) is 15.6 Å². The zero-order valence-corrected chi connectivity index (χ0v) is 16.9. The third kappa shape index (κ3) is 5.52. The molecule has 1 aromatic heterocycles. The Morgan fingerprint density at radius 3 is 2.55 bits per heavy atom. The van der Waals surface area contributed by atoms with E-state index in [4.69, 9.17) is 27.9 Å². The molecule has 150 valence electrons. The highest BCUT2D eigenvalue weighted by Crippen LogP contribution is 2.25. The Hall–Kier alpha value is -2.97. The number of tetrazole rings is 1. The zero-order valence-electron chi connectivity index (χ0n) is 15.4. The maximum atomic E-state index is 12.5. The van der Waals surface area contributed by atoms with Crippen LogP contribution in [0.25, 0.3) is 11.4 Å². The maximum Gasteiger partial charge on any atom is 0.307 e. The lowest BCUT2D eigenvalue weighted by molar-refractivity contribution is -0.141. The van der Waals surface area contributed by atoms with Crippen molar-refractivity contribution in [3.8, 4) is 11.4 Å². The molecule has 0 bridgehead atoms. The van der Waals surface area contributed by atoms with Crippen LogP contribution >= 0.6 is 23.2 Å². The normalized spacial score (nSPS) is 11.7. The summed E-state index contributed by atoms with van der Waals surface area (Å²) in [6.07, 6.45) is -0.0627. The Balaban J connectivity index is 1.71. The van der Waals surface area contributed by atoms with Gasteiger partial charge in [-0.15, -0.1) is 10.2 Å². The third-order valence-electron chi connectivity index (χ3n) is 4.05. The van der Waals surface area contributed by atoms with Gasteiger partial charge in [0.25, 0.3) is 0 Å². The Labute approximate surface area is 176 Å². The molecule has 1 amide bonds. The number of aromatic nitrogens is 4. The summed E-state index contributed by atoms with van der Waals surface area (Å²) in [5.74, 6) is -0.510. The summed E-state index contributed by atoms with van der Waals surface area (Å²) < 4.78 is 4.72. The molecule has 0 aliphatic carbocycles. The monoisotopic (exact) mass is 433 g/mol. The fourth-order valence-electron chi connectivity index (χ4n) is 2.64. The number of rotatable bonds is 7. The van der Waals surface area contributed by atoms with Crippen LogP contribution in [-0.4, -0.2) is 39.2 Å². The summed E-state index contributed by atoms with van der Waals surface area (Å²) in [6, 6.07) is 13.3. The van der Waals surface area contributed by atoms with E-state index in [0.29, 0.717) is 21.4 Å². The minimum atomic E-state index is -0.650. The van der Waals surface area contributed by atoms with E-state index in [-0.39, 0.29) is 13.0 Å². The number of esters is 1. The molecule has 3 rings (SSSR count). The van der Waals surface area contributed by atoms with Gasteiger partial charge in [-0.25, -0.2) is 0 Å². The van der Waals surface area contributed by atoms with Crippen LogP contribution in [0.1, 0.15) is 18.0 Å². The van der Waals surface area contributed by atoms with E-state index >= 15 is 0 Å². The molecule has 0 saturated carbocycles. The predicted molar refractivity (Wildman–Crippen MR) is 107 cm³/mol. The summed E-state index contributed by atoms with van der Waals surface area (Å²) in [4.78, 5) is 25.4. The molecule has 8 nitrogen and oxygen atoms in total. The van der Waals surface area contributed by atoms with Crippen molar-refractivity contribution in [2.75, 3.05) is 7.11 Å². The van der Waals surface area contributed by atoms with Gasteiger partial charge < -0.3 is 10.1 Å². The summed E-state index contributed by atoms with van der Waals surface area (Å²) in [6.45, 7) is -0.178. The van der Waals surface area contributed by atoms with Crippen LogP contribution in [0, 0.1) is 0 Å². The first-order valence-electron chi connectivity index (χ1n) is 8.60. The van der Waals surface area contributed by atoms with E-state index in [0.717, 1.165) is 5.56 Å². The Morgan fingerprint density at radius 2 is 1.86 bits per heavy atom. The average molecular weight is 434 g/mol. The lowest BCUT2D eigenvalue weighted by Gasteiger charge is -2.19. The molecule has 0 aliphatic heterocycles. The summed E-state index contributed by atoms with van der Waals surface area (Å²) >= 11 is 12.1. The minimum Gasteiger partial charge on any atom is -0.469 e. The second kappa shape index (κ2) is 9.49. The number of hydrogen-bond donors (Lipinski definition) is 1. The van der Waals surface area contributed by atoms with Crippen molar-refractivity contribution in [1.82, 2.24) is 25.5 Å². The second-order valence-corrected chi connectivity index (χ2v) is 6.92. The number of amides is 1. The van der Waals surface area contributed by atoms with Gasteiger partial charge in [0.15, 0.2) is 0 Å². The quantitative estimate of drug-likeness (QED) is 0.574. The van der Waals surface area contributed by atoms with E-state index in [9.17, 15) is 9.59 Å². The van der Waals surface area contributed by atoms with Gasteiger partial charge in [-0.3, -0.25) is 9.59 Å². The number of halogens is 2. The van der Waals surface area contributed by atoms with Crippen molar-refractivity contribution in [2.24, 2.45) is 0 Å². The van der Waals surface area contributed by atoms with Crippen molar-refractivity contribution < 1.29 is 14.3 Å². The van der Waals surface area contributed by atoms with E-state index < -0.39 is 17.9 Å². The molecule has 3 aromatic rings. The van der Waals surface area contributed by atoms with Crippen LogP contribution in [-0.2, 0) is 20.9 Å². The number of methoxy groups -OCH3 is 1. The van der Waals surface area contributed by atoms with Crippen molar-refractivity contribution in [2.45, 2.75) is 19.0 Å². The molecule has 0 radical (unpaired) electrons.